The standard InChI is InChI=1S/C23H23NO4S/c1-27-19-11-5-10-18(16-19)24-23(26)22(17-8-3-2-4-9-17)28-21(25)14-6-12-20-13-7-15-29-20/h2-5,7-11,13,15-16,22H,6,12,14H2,1H3,(H,24,26)/t22-/m0/s1. The SMILES string of the molecule is COc1cccc(NC(=O)[C@@H](OC(=O)CCCc2cccs2)c2ccccc2)c1. The molecule has 0 aliphatic heterocycles. The topological polar surface area (TPSA) is 64.6 Å². The number of carbonyl (C=O) groups is 2. The van der Waals surface area contributed by atoms with Crippen LogP contribution in [0.25, 0.3) is 0 Å². The molecule has 1 heterocycles. The highest BCUT2D eigenvalue weighted by molar-refractivity contribution is 7.09. The average molecular weight is 410 g/mol. The maximum Gasteiger partial charge on any atom is 0.306 e. The van der Waals surface area contributed by atoms with Gasteiger partial charge in [0.25, 0.3) is 5.91 Å². The second kappa shape index (κ2) is 10.4. The summed E-state index contributed by atoms with van der Waals surface area (Å²) in [5.41, 5.74) is 1.20. The monoisotopic (exact) mass is 409 g/mol. The molecule has 2 aromatic carbocycles. The molecule has 0 radical (unpaired) electrons. The lowest BCUT2D eigenvalue weighted by Gasteiger charge is -2.18. The maximum absolute atomic E-state index is 12.9. The van der Waals surface area contributed by atoms with Crippen LogP contribution in [0.5, 0.6) is 5.75 Å². The molecular formula is C23H23NO4S. The molecule has 3 aromatic rings. The van der Waals surface area contributed by atoms with Gasteiger partial charge in [0.2, 0.25) is 6.10 Å². The quantitative estimate of drug-likeness (QED) is 0.505. The number of hydrogen-bond acceptors (Lipinski definition) is 5. The van der Waals surface area contributed by atoms with Crippen molar-refractivity contribution >= 4 is 28.9 Å². The van der Waals surface area contributed by atoms with Gasteiger partial charge in [-0.05, 0) is 36.4 Å². The summed E-state index contributed by atoms with van der Waals surface area (Å²) in [4.78, 5) is 26.5. The number of thiophene rings is 1. The molecule has 0 bridgehead atoms. The van der Waals surface area contributed by atoms with E-state index in [1.165, 1.54) is 4.88 Å². The number of amides is 1. The van der Waals surface area contributed by atoms with Gasteiger partial charge in [0.15, 0.2) is 0 Å². The lowest BCUT2D eigenvalue weighted by molar-refractivity contribution is -0.154. The molecule has 0 saturated carbocycles. The van der Waals surface area contributed by atoms with Crippen molar-refractivity contribution in [2.75, 3.05) is 12.4 Å². The number of anilines is 1. The van der Waals surface area contributed by atoms with E-state index in [1.54, 1.807) is 54.8 Å². The van der Waals surface area contributed by atoms with Crippen LogP contribution in [0.4, 0.5) is 5.69 Å². The number of ether oxygens (including phenoxy) is 2. The molecule has 29 heavy (non-hydrogen) atoms. The highest BCUT2D eigenvalue weighted by Gasteiger charge is 2.25. The molecule has 1 N–H and O–H groups in total. The third kappa shape index (κ3) is 6.19. The smallest absolute Gasteiger partial charge is 0.306 e. The van der Waals surface area contributed by atoms with E-state index >= 15 is 0 Å². The Bertz CT molecular complexity index is 925. The number of hydrogen-bond donors (Lipinski definition) is 1. The molecule has 3 rings (SSSR count). The Balaban J connectivity index is 1.65. The van der Waals surface area contributed by atoms with Crippen molar-refractivity contribution in [3.05, 3.63) is 82.6 Å². The van der Waals surface area contributed by atoms with Crippen LogP contribution in [0.1, 0.15) is 29.4 Å². The Morgan fingerprint density at radius 2 is 1.86 bits per heavy atom. The fourth-order valence-corrected chi connectivity index (χ4v) is 3.61. The third-order valence-corrected chi connectivity index (χ3v) is 5.25. The van der Waals surface area contributed by atoms with Gasteiger partial charge in [0, 0.05) is 28.6 Å². The minimum atomic E-state index is -1.02. The lowest BCUT2D eigenvalue weighted by atomic mass is 10.1. The van der Waals surface area contributed by atoms with Crippen LogP contribution < -0.4 is 10.1 Å². The van der Waals surface area contributed by atoms with E-state index in [9.17, 15) is 9.59 Å². The van der Waals surface area contributed by atoms with E-state index in [1.807, 2.05) is 35.7 Å². The van der Waals surface area contributed by atoms with Crippen molar-refractivity contribution in [1.29, 1.82) is 0 Å². The van der Waals surface area contributed by atoms with E-state index in [0.29, 0.717) is 23.4 Å². The summed E-state index contributed by atoms with van der Waals surface area (Å²) in [6, 6.07) is 20.1. The van der Waals surface area contributed by atoms with Gasteiger partial charge in [-0.25, -0.2) is 0 Å². The number of esters is 1. The van der Waals surface area contributed by atoms with Crippen molar-refractivity contribution in [3.8, 4) is 5.75 Å². The Kier molecular flexibility index (Phi) is 7.41. The van der Waals surface area contributed by atoms with Crippen LogP contribution in [-0.2, 0) is 20.7 Å². The predicted molar refractivity (Wildman–Crippen MR) is 114 cm³/mol. The zero-order valence-corrected chi connectivity index (χ0v) is 17.0. The molecule has 0 saturated heterocycles. The largest absolute Gasteiger partial charge is 0.497 e. The highest BCUT2D eigenvalue weighted by atomic mass is 32.1. The number of rotatable bonds is 9. The minimum absolute atomic E-state index is 0.258. The number of nitrogens with one attached hydrogen (secondary N) is 1. The molecule has 150 valence electrons. The summed E-state index contributed by atoms with van der Waals surface area (Å²) >= 11 is 1.67. The van der Waals surface area contributed by atoms with Crippen molar-refractivity contribution in [1.82, 2.24) is 0 Å². The van der Waals surface area contributed by atoms with E-state index in [2.05, 4.69) is 5.32 Å². The molecule has 5 nitrogen and oxygen atoms in total. The van der Waals surface area contributed by atoms with Crippen molar-refractivity contribution in [2.24, 2.45) is 0 Å². The highest BCUT2D eigenvalue weighted by Crippen LogP contribution is 2.23. The molecule has 6 heteroatoms. The Morgan fingerprint density at radius 3 is 2.59 bits per heavy atom. The van der Waals surface area contributed by atoms with Crippen molar-refractivity contribution in [2.45, 2.75) is 25.4 Å². The van der Waals surface area contributed by atoms with E-state index < -0.39 is 18.0 Å². The average Bonchev–Trinajstić information content (AvgIpc) is 3.26. The second-order valence-electron chi connectivity index (χ2n) is 6.43. The van der Waals surface area contributed by atoms with Crippen LogP contribution in [0.3, 0.4) is 0 Å². The summed E-state index contributed by atoms with van der Waals surface area (Å²) in [6.45, 7) is 0. The molecule has 0 aliphatic rings. The number of methoxy groups -OCH3 is 1. The summed E-state index contributed by atoms with van der Waals surface area (Å²) in [5.74, 6) is -0.170. The van der Waals surface area contributed by atoms with E-state index in [0.717, 1.165) is 6.42 Å². The summed E-state index contributed by atoms with van der Waals surface area (Å²) in [5, 5.41) is 4.82. The second-order valence-corrected chi connectivity index (χ2v) is 7.47. The molecule has 0 aliphatic carbocycles. The van der Waals surface area contributed by atoms with Gasteiger partial charge in [-0.3, -0.25) is 9.59 Å². The molecule has 1 atom stereocenters. The molecule has 1 amide bonds. The fourth-order valence-electron chi connectivity index (χ4n) is 2.86. The fraction of sp³-hybridized carbons (Fsp3) is 0.217. The first-order chi connectivity index (χ1) is 14.2. The first kappa shape index (κ1) is 20.6. The summed E-state index contributed by atoms with van der Waals surface area (Å²) in [6.07, 6.45) is 0.738. The third-order valence-electron chi connectivity index (χ3n) is 4.31. The van der Waals surface area contributed by atoms with Crippen LogP contribution in [0.15, 0.2) is 72.1 Å². The predicted octanol–water partition coefficient (Wildman–Crippen LogP) is 5.00. The first-order valence-electron chi connectivity index (χ1n) is 9.37. The van der Waals surface area contributed by atoms with Gasteiger partial charge in [0.05, 0.1) is 7.11 Å². The molecule has 0 unspecified atom stereocenters. The Labute approximate surface area is 174 Å². The normalized spacial score (nSPS) is 11.5. The van der Waals surface area contributed by atoms with E-state index in [-0.39, 0.29) is 6.42 Å². The van der Waals surface area contributed by atoms with Gasteiger partial charge in [-0.15, -0.1) is 11.3 Å². The Hall–Kier alpha value is -3.12. The molecular weight excluding hydrogens is 386 g/mol. The number of benzene rings is 2. The summed E-state index contributed by atoms with van der Waals surface area (Å²) in [7, 11) is 1.56. The maximum atomic E-state index is 12.9. The zero-order chi connectivity index (χ0) is 20.5. The van der Waals surface area contributed by atoms with Gasteiger partial charge < -0.3 is 14.8 Å². The van der Waals surface area contributed by atoms with Crippen LogP contribution in [-0.4, -0.2) is 19.0 Å². The van der Waals surface area contributed by atoms with E-state index in [4.69, 9.17) is 9.47 Å². The number of carbonyl (C=O) groups excluding carboxylic acids is 2. The zero-order valence-electron chi connectivity index (χ0n) is 16.2. The van der Waals surface area contributed by atoms with Crippen molar-refractivity contribution in [3.63, 3.8) is 0 Å². The van der Waals surface area contributed by atoms with Crippen LogP contribution in [0.2, 0.25) is 0 Å². The minimum Gasteiger partial charge on any atom is -0.497 e. The summed E-state index contributed by atoms with van der Waals surface area (Å²) < 4.78 is 10.8. The van der Waals surface area contributed by atoms with Crippen molar-refractivity contribution < 1.29 is 19.1 Å². The Morgan fingerprint density at radius 1 is 1.03 bits per heavy atom. The van der Waals surface area contributed by atoms with Crippen LogP contribution in [0, 0.1) is 0 Å². The molecule has 0 fully saturated rings. The van der Waals surface area contributed by atoms with Gasteiger partial charge >= 0.3 is 5.97 Å². The van der Waals surface area contributed by atoms with Gasteiger partial charge in [-0.1, -0.05) is 42.5 Å². The first-order valence-corrected chi connectivity index (χ1v) is 10.3. The van der Waals surface area contributed by atoms with Gasteiger partial charge in [0.1, 0.15) is 5.75 Å². The lowest BCUT2D eigenvalue weighted by Crippen LogP contribution is -2.25. The van der Waals surface area contributed by atoms with Crippen LogP contribution >= 0.6 is 11.3 Å². The molecule has 0 spiro atoms. The molecule has 1 aromatic heterocycles. The number of aryl methyl sites for hydroxylation is 1. The van der Waals surface area contributed by atoms with Gasteiger partial charge in [-0.2, -0.15) is 0 Å².